The van der Waals surface area contributed by atoms with Gasteiger partial charge in [-0.3, -0.25) is 10.1 Å². The molecule has 1 aromatic rings. The number of halogens is 3. The minimum Gasteiger partial charge on any atom is -0.315 e. The molecular formula is C13H17F3N4OS. The van der Waals surface area contributed by atoms with E-state index in [0.717, 1.165) is 43.6 Å². The normalized spacial score (nSPS) is 28.4. The number of fused-ring (bicyclic) bond motifs is 1. The van der Waals surface area contributed by atoms with E-state index >= 15 is 0 Å². The maximum absolute atomic E-state index is 12.6. The highest BCUT2D eigenvalue weighted by Gasteiger charge is 2.50. The van der Waals surface area contributed by atoms with E-state index in [1.54, 1.807) is 0 Å². The minimum absolute atomic E-state index is 0.134. The maximum Gasteiger partial charge on any atom is 0.395 e. The number of alkyl halides is 3. The third kappa shape index (κ3) is 3.10. The first-order valence-electron chi connectivity index (χ1n) is 7.30. The second-order valence-electron chi connectivity index (χ2n) is 5.98. The van der Waals surface area contributed by atoms with Crippen LogP contribution in [0.15, 0.2) is 0 Å². The molecular weight excluding hydrogens is 317 g/mol. The Balaban J connectivity index is 1.69. The molecule has 1 saturated carbocycles. The summed E-state index contributed by atoms with van der Waals surface area (Å²) in [5.74, 6) is 0.153. The van der Waals surface area contributed by atoms with Gasteiger partial charge in [0.1, 0.15) is 5.01 Å². The summed E-state index contributed by atoms with van der Waals surface area (Å²) in [6.07, 6.45) is -1.49. The van der Waals surface area contributed by atoms with Gasteiger partial charge in [0, 0.05) is 6.54 Å². The maximum atomic E-state index is 12.6. The molecule has 1 aliphatic heterocycles. The first-order chi connectivity index (χ1) is 10.4. The Morgan fingerprint density at radius 3 is 3.00 bits per heavy atom. The van der Waals surface area contributed by atoms with E-state index in [2.05, 4.69) is 20.8 Å². The second kappa shape index (κ2) is 5.77. The quantitative estimate of drug-likeness (QED) is 0.890. The number of nitrogens with zero attached hydrogens (tertiary/aromatic N) is 2. The van der Waals surface area contributed by atoms with Gasteiger partial charge in [-0.2, -0.15) is 13.2 Å². The fourth-order valence-electron chi connectivity index (χ4n) is 3.46. The van der Waals surface area contributed by atoms with Crippen molar-refractivity contribution in [3.05, 3.63) is 5.01 Å². The first kappa shape index (κ1) is 15.7. The van der Waals surface area contributed by atoms with E-state index in [4.69, 9.17) is 0 Å². The highest BCUT2D eigenvalue weighted by atomic mass is 32.1. The monoisotopic (exact) mass is 334 g/mol. The van der Waals surface area contributed by atoms with Gasteiger partial charge in [0.2, 0.25) is 11.0 Å². The molecule has 0 unspecified atom stereocenters. The number of rotatable bonds is 3. The van der Waals surface area contributed by atoms with Crippen molar-refractivity contribution in [2.24, 2.45) is 11.3 Å². The van der Waals surface area contributed by atoms with Gasteiger partial charge in [-0.1, -0.05) is 24.2 Å². The lowest BCUT2D eigenvalue weighted by atomic mass is 9.68. The zero-order valence-electron chi connectivity index (χ0n) is 11.9. The Kier molecular flexibility index (Phi) is 4.11. The predicted molar refractivity (Wildman–Crippen MR) is 75.6 cm³/mol. The SMILES string of the molecule is O=C(Nc1nnc(CC(F)(F)F)s1)[C@@]12CCCC[C@H]1CNC2. The number of amides is 1. The summed E-state index contributed by atoms with van der Waals surface area (Å²) >= 11 is 0.788. The summed E-state index contributed by atoms with van der Waals surface area (Å²) in [5, 5.41) is 13.1. The van der Waals surface area contributed by atoms with Crippen LogP contribution in [0.5, 0.6) is 0 Å². The fourth-order valence-corrected chi connectivity index (χ4v) is 4.23. The van der Waals surface area contributed by atoms with Crippen molar-refractivity contribution in [1.82, 2.24) is 15.5 Å². The molecule has 1 aliphatic carbocycles. The summed E-state index contributed by atoms with van der Waals surface area (Å²) in [7, 11) is 0. The van der Waals surface area contributed by atoms with Crippen molar-refractivity contribution in [2.75, 3.05) is 18.4 Å². The molecule has 1 amide bonds. The predicted octanol–water partition coefficient (Wildman–Crippen LogP) is 2.36. The molecule has 9 heteroatoms. The zero-order valence-corrected chi connectivity index (χ0v) is 12.7. The van der Waals surface area contributed by atoms with Crippen LogP contribution in [0.1, 0.15) is 30.7 Å². The molecule has 0 radical (unpaired) electrons. The van der Waals surface area contributed by atoms with E-state index in [1.165, 1.54) is 0 Å². The van der Waals surface area contributed by atoms with E-state index in [9.17, 15) is 18.0 Å². The van der Waals surface area contributed by atoms with Crippen LogP contribution in [-0.4, -0.2) is 35.4 Å². The number of carbonyl (C=O) groups excluding carboxylic acids is 1. The summed E-state index contributed by atoms with van der Waals surface area (Å²) in [6, 6.07) is 0. The molecule has 0 aromatic carbocycles. The van der Waals surface area contributed by atoms with Crippen molar-refractivity contribution in [3.8, 4) is 0 Å². The molecule has 1 aromatic heterocycles. The van der Waals surface area contributed by atoms with Crippen LogP contribution in [-0.2, 0) is 11.2 Å². The molecule has 2 atom stereocenters. The molecule has 1 saturated heterocycles. The number of anilines is 1. The van der Waals surface area contributed by atoms with Crippen LogP contribution in [0, 0.1) is 11.3 Å². The van der Waals surface area contributed by atoms with Gasteiger partial charge >= 0.3 is 6.18 Å². The lowest BCUT2D eigenvalue weighted by molar-refractivity contribution is -0.128. The fraction of sp³-hybridized carbons (Fsp3) is 0.769. The van der Waals surface area contributed by atoms with Crippen LogP contribution in [0.2, 0.25) is 0 Å². The topological polar surface area (TPSA) is 66.9 Å². The number of hydrogen-bond donors (Lipinski definition) is 2. The zero-order chi connectivity index (χ0) is 15.8. The average molecular weight is 334 g/mol. The summed E-state index contributed by atoms with van der Waals surface area (Å²) in [5.41, 5.74) is -0.450. The lowest BCUT2D eigenvalue weighted by Gasteiger charge is -2.36. The van der Waals surface area contributed by atoms with Gasteiger partial charge < -0.3 is 5.32 Å². The highest BCUT2D eigenvalue weighted by Crippen LogP contribution is 2.44. The summed E-state index contributed by atoms with van der Waals surface area (Å²) in [6.45, 7) is 1.45. The van der Waals surface area contributed by atoms with Gasteiger partial charge in [-0.25, -0.2) is 0 Å². The molecule has 122 valence electrons. The molecule has 2 aliphatic rings. The third-order valence-corrected chi connectivity index (χ3v) is 5.37. The Morgan fingerprint density at radius 2 is 2.23 bits per heavy atom. The van der Waals surface area contributed by atoms with Gasteiger partial charge in [-0.15, -0.1) is 10.2 Å². The van der Waals surface area contributed by atoms with Crippen molar-refractivity contribution in [1.29, 1.82) is 0 Å². The molecule has 0 spiro atoms. The van der Waals surface area contributed by atoms with Gasteiger partial charge in [-0.05, 0) is 25.3 Å². The summed E-state index contributed by atoms with van der Waals surface area (Å²) < 4.78 is 37.0. The number of nitrogens with one attached hydrogen (secondary N) is 2. The largest absolute Gasteiger partial charge is 0.395 e. The molecule has 2 fully saturated rings. The van der Waals surface area contributed by atoms with Gasteiger partial charge in [0.05, 0.1) is 11.8 Å². The molecule has 0 bridgehead atoms. The Morgan fingerprint density at radius 1 is 1.41 bits per heavy atom. The second-order valence-corrected chi connectivity index (χ2v) is 7.04. The molecule has 22 heavy (non-hydrogen) atoms. The van der Waals surface area contributed by atoms with Crippen molar-refractivity contribution in [2.45, 2.75) is 38.3 Å². The van der Waals surface area contributed by atoms with E-state index < -0.39 is 18.0 Å². The molecule has 2 heterocycles. The van der Waals surface area contributed by atoms with Crippen LogP contribution >= 0.6 is 11.3 Å². The average Bonchev–Trinajstić information content (AvgIpc) is 3.04. The smallest absolute Gasteiger partial charge is 0.315 e. The highest BCUT2D eigenvalue weighted by molar-refractivity contribution is 7.15. The summed E-state index contributed by atoms with van der Waals surface area (Å²) in [4.78, 5) is 12.6. The Bertz CT molecular complexity index is 562. The van der Waals surface area contributed by atoms with Gasteiger partial charge in [0.15, 0.2) is 0 Å². The first-order valence-corrected chi connectivity index (χ1v) is 8.12. The third-order valence-electron chi connectivity index (χ3n) is 4.53. The number of aromatic nitrogens is 2. The standard InChI is InChI=1S/C13H17F3N4OS/c14-13(15,16)5-9-19-20-11(22-9)18-10(21)12-4-2-1-3-8(12)6-17-7-12/h8,17H,1-7H2,(H,18,20,21)/t8-,12+/m0/s1. The lowest BCUT2D eigenvalue weighted by Crippen LogP contribution is -2.44. The van der Waals surface area contributed by atoms with E-state index in [1.807, 2.05) is 0 Å². The van der Waals surface area contributed by atoms with Crippen molar-refractivity contribution >= 4 is 22.4 Å². The minimum atomic E-state index is -4.32. The Hall–Kier alpha value is -1.22. The number of hydrogen-bond acceptors (Lipinski definition) is 5. The molecule has 5 nitrogen and oxygen atoms in total. The van der Waals surface area contributed by atoms with E-state index in [-0.39, 0.29) is 16.0 Å². The molecule has 3 rings (SSSR count). The van der Waals surface area contributed by atoms with E-state index in [0.29, 0.717) is 12.5 Å². The van der Waals surface area contributed by atoms with Gasteiger partial charge in [0.25, 0.3) is 0 Å². The Labute approximate surface area is 129 Å². The van der Waals surface area contributed by atoms with Crippen molar-refractivity contribution in [3.63, 3.8) is 0 Å². The van der Waals surface area contributed by atoms with Crippen LogP contribution in [0.3, 0.4) is 0 Å². The molecule has 2 N–H and O–H groups in total. The van der Waals surface area contributed by atoms with Crippen LogP contribution in [0.4, 0.5) is 18.3 Å². The van der Waals surface area contributed by atoms with Crippen LogP contribution in [0.25, 0.3) is 0 Å². The number of carbonyl (C=O) groups is 1. The van der Waals surface area contributed by atoms with Crippen molar-refractivity contribution < 1.29 is 18.0 Å². The van der Waals surface area contributed by atoms with Crippen LogP contribution < -0.4 is 10.6 Å².